The second-order valence-electron chi connectivity index (χ2n) is 8.48. The second-order valence-corrected chi connectivity index (χ2v) is 8.48. The number of guanidine groups is 1. The maximum Gasteiger partial charge on any atom is 0.194 e. The number of likely N-dealkylation sites (tertiary alicyclic amines) is 1. The number of morpholine rings is 1. The molecule has 2 aliphatic rings. The number of aliphatic imine (C=N–C) groups is 1. The van der Waals surface area contributed by atoms with E-state index in [2.05, 4.69) is 45.3 Å². The predicted octanol–water partition coefficient (Wildman–Crippen LogP) is 3.22. The number of methoxy groups -OCH3 is 1. The van der Waals surface area contributed by atoms with E-state index in [1.54, 1.807) is 7.11 Å². The van der Waals surface area contributed by atoms with Crippen molar-refractivity contribution in [2.45, 2.75) is 31.9 Å². The third kappa shape index (κ3) is 6.60. The number of halogens is 1. The van der Waals surface area contributed by atoms with Gasteiger partial charge in [0.05, 0.1) is 39.0 Å². The Morgan fingerprint density at radius 1 is 1.30 bits per heavy atom. The monoisotopic (exact) mass is 568 g/mol. The first-order valence-corrected chi connectivity index (χ1v) is 11.7. The molecule has 2 saturated heterocycles. The van der Waals surface area contributed by atoms with Crippen LogP contribution in [-0.2, 0) is 11.8 Å². The van der Waals surface area contributed by atoms with Gasteiger partial charge in [0, 0.05) is 31.9 Å². The van der Waals surface area contributed by atoms with E-state index in [0.717, 1.165) is 50.0 Å². The van der Waals surface area contributed by atoms with Crippen molar-refractivity contribution in [3.05, 3.63) is 47.8 Å². The minimum atomic E-state index is 0. The van der Waals surface area contributed by atoms with Crippen LogP contribution in [-0.4, -0.2) is 78.5 Å². The van der Waals surface area contributed by atoms with Crippen LogP contribution in [0.25, 0.3) is 0 Å². The van der Waals surface area contributed by atoms with Gasteiger partial charge in [-0.25, -0.2) is 0 Å². The van der Waals surface area contributed by atoms with Crippen molar-refractivity contribution in [3.8, 4) is 5.75 Å². The molecular weight excluding hydrogens is 531 g/mol. The van der Waals surface area contributed by atoms with E-state index in [9.17, 15) is 0 Å². The number of hydrogen-bond acceptors (Lipinski definition) is 5. The molecule has 33 heavy (non-hydrogen) atoms. The molecule has 0 spiro atoms. The fourth-order valence-corrected chi connectivity index (χ4v) is 4.58. The van der Waals surface area contributed by atoms with Crippen molar-refractivity contribution in [1.82, 2.24) is 24.9 Å². The molecule has 1 aromatic heterocycles. The number of aryl methyl sites for hydroxylation is 1. The summed E-state index contributed by atoms with van der Waals surface area (Å²) in [7, 11) is 3.66. The Labute approximate surface area is 214 Å². The molecule has 2 unspecified atom stereocenters. The average Bonchev–Trinajstić information content (AvgIpc) is 3.51. The number of nitrogens with one attached hydrogen (secondary N) is 1. The summed E-state index contributed by atoms with van der Waals surface area (Å²) in [5, 5.41) is 7.81. The van der Waals surface area contributed by atoms with Crippen molar-refractivity contribution < 1.29 is 9.47 Å². The topological polar surface area (TPSA) is 67.2 Å². The van der Waals surface area contributed by atoms with E-state index in [-0.39, 0.29) is 36.1 Å². The third-order valence-corrected chi connectivity index (χ3v) is 6.27. The highest BCUT2D eigenvalue weighted by molar-refractivity contribution is 14.0. The largest absolute Gasteiger partial charge is 0.497 e. The maximum absolute atomic E-state index is 6.04. The SMILES string of the molecule is CCNC(=NCC(c1cccc(OC)c1)N1CCCC1)N1CCOC(c2cnn(C)c2)C1.I. The molecule has 3 heterocycles. The van der Waals surface area contributed by atoms with Crippen LogP contribution in [0.1, 0.15) is 43.0 Å². The van der Waals surface area contributed by atoms with Crippen LogP contribution < -0.4 is 10.1 Å². The Balaban J connectivity index is 0.00000306. The van der Waals surface area contributed by atoms with Crippen molar-refractivity contribution in [1.29, 1.82) is 0 Å². The van der Waals surface area contributed by atoms with Crippen molar-refractivity contribution in [2.24, 2.45) is 12.0 Å². The summed E-state index contributed by atoms with van der Waals surface area (Å²) in [6, 6.07) is 8.67. The molecule has 0 saturated carbocycles. The van der Waals surface area contributed by atoms with E-state index in [4.69, 9.17) is 14.5 Å². The second kappa shape index (κ2) is 12.6. The Morgan fingerprint density at radius 3 is 2.82 bits per heavy atom. The highest BCUT2D eigenvalue weighted by Gasteiger charge is 2.27. The first kappa shape index (κ1) is 25.8. The van der Waals surface area contributed by atoms with Gasteiger partial charge in [-0.05, 0) is 50.6 Å². The molecule has 4 rings (SSSR count). The summed E-state index contributed by atoms with van der Waals surface area (Å²) in [6.45, 7) is 8.18. The Morgan fingerprint density at radius 2 is 2.12 bits per heavy atom. The van der Waals surface area contributed by atoms with E-state index in [1.807, 2.05) is 30.2 Å². The van der Waals surface area contributed by atoms with Gasteiger partial charge in [-0.2, -0.15) is 5.10 Å². The number of benzene rings is 1. The van der Waals surface area contributed by atoms with Gasteiger partial charge in [-0.15, -0.1) is 24.0 Å². The molecule has 0 radical (unpaired) electrons. The molecule has 1 aromatic carbocycles. The van der Waals surface area contributed by atoms with E-state index < -0.39 is 0 Å². The Bertz CT molecular complexity index is 899. The van der Waals surface area contributed by atoms with Gasteiger partial charge in [0.25, 0.3) is 0 Å². The van der Waals surface area contributed by atoms with Gasteiger partial charge in [0.2, 0.25) is 0 Å². The molecule has 1 N–H and O–H groups in total. The van der Waals surface area contributed by atoms with Gasteiger partial charge in [-0.3, -0.25) is 14.6 Å². The Hall–Kier alpha value is -1.85. The molecule has 2 fully saturated rings. The quantitative estimate of drug-likeness (QED) is 0.315. The summed E-state index contributed by atoms with van der Waals surface area (Å²) >= 11 is 0. The lowest BCUT2D eigenvalue weighted by atomic mass is 10.1. The molecule has 0 aliphatic carbocycles. The molecule has 0 amide bonds. The third-order valence-electron chi connectivity index (χ3n) is 6.27. The lowest BCUT2D eigenvalue weighted by Crippen LogP contribution is -2.48. The standard InChI is InChI=1S/C24H36N6O2.HI/c1-4-25-24(30-12-13-32-23(18-30)20-15-27-28(2)17-20)26-16-22(29-10-5-6-11-29)19-8-7-9-21(14-19)31-3;/h7-9,14-15,17,22-23H,4-6,10-13,16,18H2,1-3H3,(H,25,26);1H. The summed E-state index contributed by atoms with van der Waals surface area (Å²) in [6.07, 6.45) is 6.43. The molecule has 0 bridgehead atoms. The smallest absolute Gasteiger partial charge is 0.194 e. The van der Waals surface area contributed by atoms with Crippen LogP contribution in [0.5, 0.6) is 5.75 Å². The zero-order valence-electron chi connectivity index (χ0n) is 19.9. The summed E-state index contributed by atoms with van der Waals surface area (Å²) in [5.74, 6) is 1.85. The van der Waals surface area contributed by atoms with Crippen LogP contribution in [0.4, 0.5) is 0 Å². The van der Waals surface area contributed by atoms with Gasteiger partial charge in [-0.1, -0.05) is 12.1 Å². The number of ether oxygens (including phenoxy) is 2. The fourth-order valence-electron chi connectivity index (χ4n) is 4.58. The van der Waals surface area contributed by atoms with Gasteiger partial charge in [0.15, 0.2) is 5.96 Å². The minimum absolute atomic E-state index is 0. The van der Waals surface area contributed by atoms with Crippen molar-refractivity contribution in [2.75, 3.05) is 53.0 Å². The lowest BCUT2D eigenvalue weighted by molar-refractivity contribution is -0.00808. The predicted molar refractivity (Wildman–Crippen MR) is 141 cm³/mol. The van der Waals surface area contributed by atoms with E-state index in [0.29, 0.717) is 13.2 Å². The molecule has 9 heteroatoms. The van der Waals surface area contributed by atoms with Crippen molar-refractivity contribution >= 4 is 29.9 Å². The van der Waals surface area contributed by atoms with E-state index >= 15 is 0 Å². The molecule has 182 valence electrons. The average molecular weight is 569 g/mol. The molecule has 2 aromatic rings. The zero-order chi connectivity index (χ0) is 22.3. The summed E-state index contributed by atoms with van der Waals surface area (Å²) < 4.78 is 13.3. The van der Waals surface area contributed by atoms with Gasteiger partial charge in [0.1, 0.15) is 11.9 Å². The molecule has 2 atom stereocenters. The van der Waals surface area contributed by atoms with Crippen LogP contribution in [0.15, 0.2) is 41.7 Å². The van der Waals surface area contributed by atoms with Crippen LogP contribution in [0.2, 0.25) is 0 Å². The van der Waals surface area contributed by atoms with Gasteiger partial charge < -0.3 is 19.7 Å². The van der Waals surface area contributed by atoms with Crippen LogP contribution in [0.3, 0.4) is 0 Å². The highest BCUT2D eigenvalue weighted by Crippen LogP contribution is 2.28. The summed E-state index contributed by atoms with van der Waals surface area (Å²) in [4.78, 5) is 9.99. The minimum Gasteiger partial charge on any atom is -0.497 e. The molecule has 2 aliphatic heterocycles. The van der Waals surface area contributed by atoms with Crippen LogP contribution in [0, 0.1) is 0 Å². The maximum atomic E-state index is 6.04. The van der Waals surface area contributed by atoms with Crippen molar-refractivity contribution in [3.63, 3.8) is 0 Å². The normalized spacial score (nSPS) is 20.4. The molecule has 8 nitrogen and oxygen atoms in total. The lowest BCUT2D eigenvalue weighted by Gasteiger charge is -2.35. The summed E-state index contributed by atoms with van der Waals surface area (Å²) in [5.41, 5.74) is 2.38. The van der Waals surface area contributed by atoms with E-state index in [1.165, 1.54) is 18.4 Å². The van der Waals surface area contributed by atoms with Crippen LogP contribution >= 0.6 is 24.0 Å². The highest BCUT2D eigenvalue weighted by atomic mass is 127. The number of nitrogens with zero attached hydrogens (tertiary/aromatic N) is 5. The number of rotatable bonds is 7. The first-order valence-electron chi connectivity index (χ1n) is 11.7. The Kier molecular flexibility index (Phi) is 9.81. The first-order chi connectivity index (χ1) is 15.7. The van der Waals surface area contributed by atoms with Gasteiger partial charge >= 0.3 is 0 Å². The molecular formula is C24H37IN6O2. The zero-order valence-corrected chi connectivity index (χ0v) is 22.3. The fraction of sp³-hybridized carbons (Fsp3) is 0.583. The number of hydrogen-bond donors (Lipinski definition) is 1. The number of aromatic nitrogens is 2.